The molecule has 0 aromatic carbocycles. The van der Waals surface area contributed by atoms with Crippen LogP contribution in [0.2, 0.25) is 0 Å². The molecule has 0 aliphatic heterocycles. The number of nitrogens with one attached hydrogen (secondary N) is 1. The van der Waals surface area contributed by atoms with Gasteiger partial charge in [-0.25, -0.2) is 13.1 Å². The lowest BCUT2D eigenvalue weighted by molar-refractivity contribution is -0.138. The SMILES string of the molecule is Cc1nn(CC(=O)O)c(C)c1S(=O)(=O)NCC(N)=O. The number of sulfonamides is 1. The minimum absolute atomic E-state index is 0.144. The van der Waals surface area contributed by atoms with Crippen LogP contribution in [-0.2, 0) is 26.2 Å². The van der Waals surface area contributed by atoms with Gasteiger partial charge >= 0.3 is 5.97 Å². The summed E-state index contributed by atoms with van der Waals surface area (Å²) in [6.45, 7) is 1.88. The Morgan fingerprint density at radius 2 is 2.00 bits per heavy atom. The van der Waals surface area contributed by atoms with Crippen molar-refractivity contribution in [1.82, 2.24) is 14.5 Å². The number of hydrogen-bond donors (Lipinski definition) is 3. The molecule has 10 heteroatoms. The Balaban J connectivity index is 3.16. The maximum atomic E-state index is 12.0. The Bertz CT molecular complexity index is 619. The van der Waals surface area contributed by atoms with Crippen LogP contribution in [0.25, 0.3) is 0 Å². The van der Waals surface area contributed by atoms with Gasteiger partial charge in [0.05, 0.1) is 17.9 Å². The summed E-state index contributed by atoms with van der Waals surface area (Å²) in [6.07, 6.45) is 0. The minimum atomic E-state index is -3.96. The summed E-state index contributed by atoms with van der Waals surface area (Å²) >= 11 is 0. The lowest BCUT2D eigenvalue weighted by Gasteiger charge is -2.05. The lowest BCUT2D eigenvalue weighted by Crippen LogP contribution is -2.33. The summed E-state index contributed by atoms with van der Waals surface area (Å²) in [5.74, 6) is -1.96. The van der Waals surface area contributed by atoms with Crippen LogP contribution < -0.4 is 10.5 Å². The molecule has 4 N–H and O–H groups in total. The molecule has 0 bridgehead atoms. The highest BCUT2D eigenvalue weighted by Gasteiger charge is 2.25. The monoisotopic (exact) mass is 290 g/mol. The Morgan fingerprint density at radius 3 is 2.47 bits per heavy atom. The molecule has 9 nitrogen and oxygen atoms in total. The molecule has 1 heterocycles. The zero-order valence-electron chi connectivity index (χ0n) is 10.4. The maximum Gasteiger partial charge on any atom is 0.325 e. The fraction of sp³-hybridized carbons (Fsp3) is 0.444. The van der Waals surface area contributed by atoms with Crippen molar-refractivity contribution < 1.29 is 23.1 Å². The minimum Gasteiger partial charge on any atom is -0.480 e. The van der Waals surface area contributed by atoms with Crippen LogP contribution >= 0.6 is 0 Å². The number of carbonyl (C=O) groups is 2. The van der Waals surface area contributed by atoms with E-state index in [-0.39, 0.29) is 16.3 Å². The molecule has 1 amide bonds. The van der Waals surface area contributed by atoms with E-state index in [1.807, 2.05) is 4.72 Å². The molecule has 0 spiro atoms. The molecule has 1 aromatic heterocycles. The van der Waals surface area contributed by atoms with Crippen molar-refractivity contribution in [3.05, 3.63) is 11.4 Å². The van der Waals surface area contributed by atoms with E-state index in [1.54, 1.807) is 0 Å². The normalized spacial score (nSPS) is 11.5. The number of nitrogens with two attached hydrogens (primary N) is 1. The van der Waals surface area contributed by atoms with E-state index >= 15 is 0 Å². The molecule has 0 radical (unpaired) electrons. The highest BCUT2D eigenvalue weighted by Crippen LogP contribution is 2.18. The number of aliphatic carboxylic acids is 1. The highest BCUT2D eigenvalue weighted by atomic mass is 32.2. The van der Waals surface area contributed by atoms with E-state index in [0.717, 1.165) is 4.68 Å². The van der Waals surface area contributed by atoms with Gasteiger partial charge in [-0.3, -0.25) is 14.3 Å². The second-order valence-electron chi connectivity index (χ2n) is 3.84. The quantitative estimate of drug-likeness (QED) is 0.572. The van der Waals surface area contributed by atoms with E-state index in [0.29, 0.717) is 0 Å². The van der Waals surface area contributed by atoms with Crippen molar-refractivity contribution >= 4 is 21.9 Å². The number of carbonyl (C=O) groups excluding carboxylic acids is 1. The fourth-order valence-corrected chi connectivity index (χ4v) is 2.99. The fourth-order valence-electron chi connectivity index (χ4n) is 1.59. The first-order valence-electron chi connectivity index (χ1n) is 5.19. The van der Waals surface area contributed by atoms with Crippen LogP contribution in [0.5, 0.6) is 0 Å². The lowest BCUT2D eigenvalue weighted by atomic mass is 10.4. The van der Waals surface area contributed by atoms with Crippen LogP contribution in [0, 0.1) is 13.8 Å². The largest absolute Gasteiger partial charge is 0.480 e. The smallest absolute Gasteiger partial charge is 0.325 e. The number of hydrogen-bond acceptors (Lipinski definition) is 5. The van der Waals surface area contributed by atoms with Crippen molar-refractivity contribution in [2.75, 3.05) is 6.54 Å². The number of aromatic nitrogens is 2. The molecule has 1 rings (SSSR count). The number of rotatable bonds is 6. The van der Waals surface area contributed by atoms with Gasteiger partial charge in [-0.05, 0) is 13.8 Å². The molecule has 0 saturated heterocycles. The predicted molar refractivity (Wildman–Crippen MR) is 63.7 cm³/mol. The number of nitrogens with zero attached hydrogens (tertiary/aromatic N) is 2. The van der Waals surface area contributed by atoms with E-state index < -0.39 is 35.0 Å². The van der Waals surface area contributed by atoms with Crippen LogP contribution in [0.4, 0.5) is 0 Å². The van der Waals surface area contributed by atoms with Gasteiger partial charge in [-0.2, -0.15) is 5.10 Å². The maximum absolute atomic E-state index is 12.0. The second-order valence-corrected chi connectivity index (χ2v) is 5.55. The van der Waals surface area contributed by atoms with E-state index in [1.165, 1.54) is 13.8 Å². The summed E-state index contributed by atoms with van der Waals surface area (Å²) in [6, 6.07) is 0. The van der Waals surface area contributed by atoms with Crippen LogP contribution in [0.3, 0.4) is 0 Å². The summed E-state index contributed by atoms with van der Waals surface area (Å²) < 4.78 is 27.0. The molecule has 0 atom stereocenters. The van der Waals surface area contributed by atoms with Gasteiger partial charge in [0.15, 0.2) is 0 Å². The van der Waals surface area contributed by atoms with Crippen molar-refractivity contribution in [3.63, 3.8) is 0 Å². The standard InChI is InChI=1S/C9H14N4O5S/c1-5-9(19(17,18)11-3-7(10)14)6(2)13(12-5)4-8(15)16/h11H,3-4H2,1-2H3,(H2,10,14)(H,15,16). The molecule has 0 saturated carbocycles. The first-order valence-corrected chi connectivity index (χ1v) is 6.67. The molecule has 0 aliphatic carbocycles. The number of carboxylic acid groups (broad SMARTS) is 1. The third-order valence-corrected chi connectivity index (χ3v) is 3.96. The van der Waals surface area contributed by atoms with Gasteiger partial charge in [0.2, 0.25) is 15.9 Å². The van der Waals surface area contributed by atoms with Gasteiger partial charge in [-0.15, -0.1) is 0 Å². The van der Waals surface area contributed by atoms with Crippen molar-refractivity contribution in [3.8, 4) is 0 Å². The molecule has 1 aromatic rings. The topological polar surface area (TPSA) is 144 Å². The Hall–Kier alpha value is -1.94. The van der Waals surface area contributed by atoms with Crippen LogP contribution in [-0.4, -0.2) is 41.7 Å². The molecule has 0 aliphatic rings. The Labute approximate surface area is 109 Å². The number of carboxylic acids is 1. The van der Waals surface area contributed by atoms with E-state index in [9.17, 15) is 18.0 Å². The second kappa shape index (κ2) is 5.36. The van der Waals surface area contributed by atoms with Gasteiger partial charge in [0, 0.05) is 0 Å². The summed E-state index contributed by atoms with van der Waals surface area (Å²) in [4.78, 5) is 21.1. The highest BCUT2D eigenvalue weighted by molar-refractivity contribution is 7.89. The molecule has 19 heavy (non-hydrogen) atoms. The first-order chi connectivity index (χ1) is 8.65. The van der Waals surface area contributed by atoms with Crippen molar-refractivity contribution in [1.29, 1.82) is 0 Å². The average molecular weight is 290 g/mol. The van der Waals surface area contributed by atoms with Crippen molar-refractivity contribution in [2.24, 2.45) is 5.73 Å². The molecular weight excluding hydrogens is 276 g/mol. The van der Waals surface area contributed by atoms with Gasteiger partial charge in [-0.1, -0.05) is 0 Å². The third kappa shape index (κ3) is 3.51. The molecule has 106 valence electrons. The number of primary amides is 1. The van der Waals surface area contributed by atoms with Gasteiger partial charge in [0.1, 0.15) is 11.4 Å². The molecular formula is C9H14N4O5S. The summed E-state index contributed by atoms with van der Waals surface area (Å²) in [5.41, 5.74) is 5.19. The average Bonchev–Trinajstić information content (AvgIpc) is 2.51. The Kier molecular flexibility index (Phi) is 4.27. The van der Waals surface area contributed by atoms with E-state index in [2.05, 4.69) is 5.10 Å². The molecule has 0 unspecified atom stereocenters. The predicted octanol–water partition coefficient (Wildman–Crippen LogP) is -1.65. The summed E-state index contributed by atoms with van der Waals surface area (Å²) in [7, 11) is -3.96. The van der Waals surface area contributed by atoms with Gasteiger partial charge in [0.25, 0.3) is 0 Å². The van der Waals surface area contributed by atoms with Crippen molar-refractivity contribution in [2.45, 2.75) is 25.3 Å². The van der Waals surface area contributed by atoms with Crippen LogP contribution in [0.1, 0.15) is 11.4 Å². The molecule has 0 fully saturated rings. The Morgan fingerprint density at radius 1 is 1.42 bits per heavy atom. The first kappa shape index (κ1) is 15.1. The van der Waals surface area contributed by atoms with Gasteiger partial charge < -0.3 is 10.8 Å². The third-order valence-electron chi connectivity index (χ3n) is 2.31. The zero-order valence-corrected chi connectivity index (χ0v) is 11.2. The van der Waals surface area contributed by atoms with Crippen LogP contribution in [0.15, 0.2) is 4.90 Å². The number of amides is 1. The zero-order chi connectivity index (χ0) is 14.8. The summed E-state index contributed by atoms with van der Waals surface area (Å²) in [5, 5.41) is 12.5. The van der Waals surface area contributed by atoms with E-state index in [4.69, 9.17) is 10.8 Å². The number of aryl methyl sites for hydroxylation is 1.